The third-order valence-corrected chi connectivity index (χ3v) is 5.64. The summed E-state index contributed by atoms with van der Waals surface area (Å²) in [6.45, 7) is 5.19. The summed E-state index contributed by atoms with van der Waals surface area (Å²) in [5.41, 5.74) is 1.45. The number of methoxy groups -OCH3 is 1. The molecule has 1 fully saturated rings. The highest BCUT2D eigenvalue weighted by atomic mass is 79.9. The molecule has 0 bridgehead atoms. The first-order valence-corrected chi connectivity index (χ1v) is 7.40. The highest BCUT2D eigenvalue weighted by molar-refractivity contribution is 9.09. The Morgan fingerprint density at radius 1 is 1.44 bits per heavy atom. The molecule has 2 nitrogen and oxygen atoms in total. The number of alkyl halides is 1. The molecule has 1 aromatic rings. The number of halogens is 1. The normalized spacial score (nSPS) is 30.9. The molecule has 2 rings (SSSR count). The maximum atomic E-state index is 6.05. The molecule has 3 heteroatoms. The third-order valence-electron chi connectivity index (χ3n) is 4.22. The number of hydrogen-bond donors (Lipinski definition) is 0. The van der Waals surface area contributed by atoms with E-state index in [9.17, 15) is 0 Å². The van der Waals surface area contributed by atoms with E-state index in [4.69, 9.17) is 9.47 Å². The smallest absolute Gasteiger partial charge is 0.119 e. The van der Waals surface area contributed by atoms with Gasteiger partial charge < -0.3 is 9.47 Å². The maximum Gasteiger partial charge on any atom is 0.119 e. The zero-order valence-electron chi connectivity index (χ0n) is 11.3. The van der Waals surface area contributed by atoms with Gasteiger partial charge in [-0.3, -0.25) is 0 Å². The predicted molar refractivity (Wildman–Crippen MR) is 77.3 cm³/mol. The number of hydrogen-bond acceptors (Lipinski definition) is 2. The van der Waals surface area contributed by atoms with E-state index in [1.807, 2.05) is 18.2 Å². The fourth-order valence-corrected chi connectivity index (χ4v) is 3.39. The number of benzene rings is 1. The second kappa shape index (κ2) is 5.62. The van der Waals surface area contributed by atoms with Gasteiger partial charge in [-0.05, 0) is 30.5 Å². The Balaban J connectivity index is 1.92. The first-order chi connectivity index (χ1) is 8.60. The molecule has 3 atom stereocenters. The summed E-state index contributed by atoms with van der Waals surface area (Å²) in [6, 6.07) is 8.08. The summed E-state index contributed by atoms with van der Waals surface area (Å²) in [5.74, 6) is 0.890. The molecule has 0 saturated heterocycles. The van der Waals surface area contributed by atoms with Gasteiger partial charge in [0, 0.05) is 10.2 Å². The second-order valence-corrected chi connectivity index (χ2v) is 6.32. The number of rotatable bonds is 5. The van der Waals surface area contributed by atoms with Crippen molar-refractivity contribution < 1.29 is 9.47 Å². The molecule has 1 saturated carbocycles. The van der Waals surface area contributed by atoms with Gasteiger partial charge in [-0.25, -0.2) is 0 Å². The van der Waals surface area contributed by atoms with Gasteiger partial charge in [0.05, 0.1) is 19.8 Å². The van der Waals surface area contributed by atoms with Crippen LogP contribution in [0.3, 0.4) is 0 Å². The summed E-state index contributed by atoms with van der Waals surface area (Å²) in [5, 5.41) is 0. The summed E-state index contributed by atoms with van der Waals surface area (Å²) in [4.78, 5) is 0.588. The zero-order chi connectivity index (χ0) is 13.2. The van der Waals surface area contributed by atoms with Gasteiger partial charge in [-0.15, -0.1) is 0 Å². The molecule has 0 aliphatic heterocycles. The van der Waals surface area contributed by atoms with Crippen molar-refractivity contribution >= 4 is 15.9 Å². The average molecular weight is 313 g/mol. The van der Waals surface area contributed by atoms with Gasteiger partial charge in [0.25, 0.3) is 0 Å². The molecule has 1 aliphatic rings. The lowest BCUT2D eigenvalue weighted by atomic mass is 9.66. The third kappa shape index (κ3) is 2.57. The van der Waals surface area contributed by atoms with E-state index in [2.05, 4.69) is 35.8 Å². The minimum Gasteiger partial charge on any atom is -0.497 e. The quantitative estimate of drug-likeness (QED) is 0.760. The van der Waals surface area contributed by atoms with Crippen LogP contribution >= 0.6 is 15.9 Å². The highest BCUT2D eigenvalue weighted by Gasteiger charge is 2.49. The summed E-state index contributed by atoms with van der Waals surface area (Å²) in [6.07, 6.45) is 2.61. The molecule has 100 valence electrons. The Bertz CT molecular complexity index is 407. The van der Waals surface area contributed by atoms with Gasteiger partial charge in [0.2, 0.25) is 0 Å². The van der Waals surface area contributed by atoms with Gasteiger partial charge in [0.1, 0.15) is 5.75 Å². The fourth-order valence-electron chi connectivity index (χ4n) is 2.43. The molecule has 18 heavy (non-hydrogen) atoms. The molecule has 0 amide bonds. The largest absolute Gasteiger partial charge is 0.497 e. The van der Waals surface area contributed by atoms with Crippen LogP contribution in [0.4, 0.5) is 0 Å². The standard InChI is InChI=1S/C15H21BrO2/c1-4-15(2)13(16)9-14(15)18-10-11-6-5-7-12(8-11)17-3/h5-8,13-14H,4,9-10H2,1-3H3. The lowest BCUT2D eigenvalue weighted by Gasteiger charge is -2.51. The SMILES string of the molecule is CCC1(C)C(Br)CC1OCc1cccc(OC)c1. The van der Waals surface area contributed by atoms with Crippen molar-refractivity contribution in [3.8, 4) is 5.75 Å². The zero-order valence-corrected chi connectivity index (χ0v) is 12.9. The molecule has 1 aromatic carbocycles. The van der Waals surface area contributed by atoms with Crippen LogP contribution in [0.25, 0.3) is 0 Å². The van der Waals surface area contributed by atoms with Crippen LogP contribution in [0.5, 0.6) is 5.75 Å². The Morgan fingerprint density at radius 3 is 2.83 bits per heavy atom. The van der Waals surface area contributed by atoms with Crippen LogP contribution in [0.1, 0.15) is 32.3 Å². The lowest BCUT2D eigenvalue weighted by molar-refractivity contribution is -0.104. The number of ether oxygens (including phenoxy) is 2. The van der Waals surface area contributed by atoms with E-state index in [0.29, 0.717) is 17.5 Å². The lowest BCUT2D eigenvalue weighted by Crippen LogP contribution is -2.53. The van der Waals surface area contributed by atoms with Crippen molar-refractivity contribution in [2.45, 2.75) is 44.2 Å². The molecular weight excluding hydrogens is 292 g/mol. The topological polar surface area (TPSA) is 18.5 Å². The van der Waals surface area contributed by atoms with Crippen LogP contribution in [0.2, 0.25) is 0 Å². The Morgan fingerprint density at radius 2 is 2.22 bits per heavy atom. The summed E-state index contributed by atoms with van der Waals surface area (Å²) in [7, 11) is 1.69. The average Bonchev–Trinajstić information content (AvgIpc) is 2.42. The Kier molecular flexibility index (Phi) is 4.33. The van der Waals surface area contributed by atoms with Crippen molar-refractivity contribution in [1.82, 2.24) is 0 Å². The van der Waals surface area contributed by atoms with Crippen molar-refractivity contribution in [1.29, 1.82) is 0 Å². The monoisotopic (exact) mass is 312 g/mol. The van der Waals surface area contributed by atoms with Crippen LogP contribution in [0.15, 0.2) is 24.3 Å². The second-order valence-electron chi connectivity index (χ2n) is 5.21. The van der Waals surface area contributed by atoms with E-state index in [-0.39, 0.29) is 5.41 Å². The van der Waals surface area contributed by atoms with Crippen molar-refractivity contribution in [2.24, 2.45) is 5.41 Å². The predicted octanol–water partition coefficient (Wildman–Crippen LogP) is 4.16. The van der Waals surface area contributed by atoms with Crippen molar-refractivity contribution in [2.75, 3.05) is 7.11 Å². The van der Waals surface area contributed by atoms with Crippen molar-refractivity contribution in [3.05, 3.63) is 29.8 Å². The van der Waals surface area contributed by atoms with Crippen LogP contribution in [-0.4, -0.2) is 18.0 Å². The van der Waals surface area contributed by atoms with Gasteiger partial charge >= 0.3 is 0 Å². The highest BCUT2D eigenvalue weighted by Crippen LogP contribution is 2.50. The van der Waals surface area contributed by atoms with Crippen LogP contribution in [0, 0.1) is 5.41 Å². The fraction of sp³-hybridized carbons (Fsp3) is 0.600. The molecule has 0 heterocycles. The van der Waals surface area contributed by atoms with E-state index < -0.39 is 0 Å². The first-order valence-electron chi connectivity index (χ1n) is 6.48. The molecule has 0 spiro atoms. The Hall–Kier alpha value is -0.540. The molecule has 0 N–H and O–H groups in total. The van der Waals surface area contributed by atoms with Gasteiger partial charge in [-0.1, -0.05) is 41.9 Å². The maximum absolute atomic E-state index is 6.05. The van der Waals surface area contributed by atoms with Gasteiger partial charge in [0.15, 0.2) is 0 Å². The summed E-state index contributed by atoms with van der Waals surface area (Å²) < 4.78 is 11.3. The summed E-state index contributed by atoms with van der Waals surface area (Å²) >= 11 is 3.73. The van der Waals surface area contributed by atoms with Crippen LogP contribution in [-0.2, 0) is 11.3 Å². The van der Waals surface area contributed by atoms with Crippen LogP contribution < -0.4 is 4.74 Å². The van der Waals surface area contributed by atoms with Gasteiger partial charge in [-0.2, -0.15) is 0 Å². The Labute approximate surface area is 118 Å². The molecule has 0 aromatic heterocycles. The molecule has 3 unspecified atom stereocenters. The van der Waals surface area contributed by atoms with E-state index in [0.717, 1.165) is 18.6 Å². The molecular formula is C15H21BrO2. The first kappa shape index (κ1) is 13.9. The molecule has 1 aliphatic carbocycles. The van der Waals surface area contributed by atoms with E-state index in [1.165, 1.54) is 5.56 Å². The minimum atomic E-state index is 0.277. The van der Waals surface area contributed by atoms with Crippen molar-refractivity contribution in [3.63, 3.8) is 0 Å². The van der Waals surface area contributed by atoms with E-state index in [1.54, 1.807) is 7.11 Å². The minimum absolute atomic E-state index is 0.277. The molecule has 0 radical (unpaired) electrons. The van der Waals surface area contributed by atoms with E-state index >= 15 is 0 Å².